The highest BCUT2D eigenvalue weighted by molar-refractivity contribution is 7.92. The number of pyridine rings is 1. The number of benzene rings is 2. The van der Waals surface area contributed by atoms with Gasteiger partial charge in [-0.3, -0.25) is 4.72 Å². The molecular formula is C26H26F2N6O3S. The summed E-state index contributed by atoms with van der Waals surface area (Å²) in [5.74, 6) is -1.12. The molecule has 2 aromatic carbocycles. The van der Waals surface area contributed by atoms with E-state index in [1.165, 1.54) is 6.33 Å². The van der Waals surface area contributed by atoms with E-state index in [1.54, 1.807) is 19.2 Å². The molecule has 198 valence electrons. The molecule has 1 aliphatic heterocycles. The van der Waals surface area contributed by atoms with E-state index in [9.17, 15) is 12.8 Å². The third-order valence-corrected chi connectivity index (χ3v) is 7.60. The maximum absolute atomic E-state index is 15.2. The molecule has 2 aromatic heterocycles. The summed E-state index contributed by atoms with van der Waals surface area (Å²) in [6.07, 6.45) is 3.41. The number of hydrogen-bond donors (Lipinski definition) is 2. The normalized spacial score (nSPS) is 14.0. The van der Waals surface area contributed by atoms with Crippen molar-refractivity contribution in [2.75, 3.05) is 47.0 Å². The average Bonchev–Trinajstić information content (AvgIpc) is 2.93. The van der Waals surface area contributed by atoms with Crippen LogP contribution in [-0.4, -0.2) is 55.4 Å². The lowest BCUT2D eigenvalue weighted by molar-refractivity contribution is 0.122. The first-order chi connectivity index (χ1) is 18.3. The summed E-state index contributed by atoms with van der Waals surface area (Å²) in [5.41, 5.74) is 1.35. The number of rotatable bonds is 8. The molecule has 9 nitrogen and oxygen atoms in total. The van der Waals surface area contributed by atoms with Gasteiger partial charge in [-0.05, 0) is 48.4 Å². The van der Waals surface area contributed by atoms with Crippen LogP contribution < -0.4 is 14.9 Å². The summed E-state index contributed by atoms with van der Waals surface area (Å²) in [5, 5.41) is 3.23. The minimum absolute atomic E-state index is 0.168. The van der Waals surface area contributed by atoms with Crippen molar-refractivity contribution >= 4 is 43.9 Å². The van der Waals surface area contributed by atoms with Crippen LogP contribution in [0.5, 0.6) is 0 Å². The van der Waals surface area contributed by atoms with E-state index in [4.69, 9.17) is 4.74 Å². The Morgan fingerprint density at radius 3 is 2.53 bits per heavy atom. The molecule has 0 spiro atoms. The lowest BCUT2D eigenvalue weighted by Crippen LogP contribution is -2.36. The third kappa shape index (κ3) is 5.50. The Kier molecular flexibility index (Phi) is 7.34. The zero-order valence-electron chi connectivity index (χ0n) is 20.6. The Hall–Kier alpha value is -3.90. The van der Waals surface area contributed by atoms with Crippen molar-refractivity contribution < 1.29 is 21.9 Å². The average molecular weight is 541 g/mol. The van der Waals surface area contributed by atoms with Gasteiger partial charge in [0.2, 0.25) is 10.0 Å². The van der Waals surface area contributed by atoms with Crippen LogP contribution in [0.15, 0.2) is 55.0 Å². The van der Waals surface area contributed by atoms with Crippen molar-refractivity contribution in [1.29, 1.82) is 0 Å². The monoisotopic (exact) mass is 540 g/mol. The van der Waals surface area contributed by atoms with E-state index >= 15 is 4.39 Å². The van der Waals surface area contributed by atoms with Gasteiger partial charge in [0.25, 0.3) is 0 Å². The number of ether oxygens (including phenoxy) is 1. The number of morpholine rings is 1. The van der Waals surface area contributed by atoms with Gasteiger partial charge in [0, 0.05) is 30.2 Å². The molecule has 0 bridgehead atoms. The maximum atomic E-state index is 15.2. The highest BCUT2D eigenvalue weighted by Gasteiger charge is 2.20. The van der Waals surface area contributed by atoms with Crippen molar-refractivity contribution in [3.05, 3.63) is 66.6 Å². The maximum Gasteiger partial charge on any atom is 0.232 e. The van der Waals surface area contributed by atoms with Crippen molar-refractivity contribution in [3.63, 3.8) is 0 Å². The number of nitrogens with zero attached hydrogens (tertiary/aromatic N) is 4. The molecule has 0 aliphatic carbocycles. The first-order valence-electron chi connectivity index (χ1n) is 12.1. The third-order valence-electron chi connectivity index (χ3n) is 6.12. The SMILES string of the molecule is CCCS(=O)(=O)Nc1ccc(F)c(Nc2ncnc3ccc(-c4ccc(N5CCOCC5)nc4)cc23)c1F. The van der Waals surface area contributed by atoms with E-state index in [2.05, 4.69) is 29.9 Å². The highest BCUT2D eigenvalue weighted by Crippen LogP contribution is 2.33. The van der Waals surface area contributed by atoms with E-state index in [0.717, 1.165) is 42.2 Å². The number of hydrogen-bond acceptors (Lipinski definition) is 8. The van der Waals surface area contributed by atoms with Crippen molar-refractivity contribution in [2.24, 2.45) is 0 Å². The largest absolute Gasteiger partial charge is 0.378 e. The van der Waals surface area contributed by atoms with Gasteiger partial charge in [0.1, 0.15) is 29.5 Å². The minimum atomic E-state index is -3.77. The number of anilines is 4. The standard InChI is InChI=1S/C26H26F2N6O3S/c1-2-13-38(35,36)33-22-7-5-20(27)25(24(22)28)32-26-19-14-17(3-6-21(19)30-16-31-26)18-4-8-23(29-15-18)34-9-11-37-12-10-34/h3-8,14-16,33H,2,9-13H2,1H3,(H,30,31,32). The zero-order valence-corrected chi connectivity index (χ0v) is 21.4. The zero-order chi connectivity index (χ0) is 26.7. The van der Waals surface area contributed by atoms with Crippen LogP contribution in [-0.2, 0) is 14.8 Å². The van der Waals surface area contributed by atoms with E-state index in [0.29, 0.717) is 30.5 Å². The van der Waals surface area contributed by atoms with Crippen LogP contribution in [0.2, 0.25) is 0 Å². The molecule has 1 fully saturated rings. The Bertz CT molecular complexity index is 1560. The van der Waals surface area contributed by atoms with Gasteiger partial charge in [-0.15, -0.1) is 0 Å². The fraction of sp³-hybridized carbons (Fsp3) is 0.269. The van der Waals surface area contributed by atoms with Crippen LogP contribution >= 0.6 is 0 Å². The molecule has 1 aliphatic rings. The molecule has 0 saturated carbocycles. The first kappa shape index (κ1) is 25.7. The number of nitrogens with one attached hydrogen (secondary N) is 2. The van der Waals surface area contributed by atoms with E-state index in [-0.39, 0.29) is 17.3 Å². The van der Waals surface area contributed by atoms with Gasteiger partial charge in [0.15, 0.2) is 5.82 Å². The fourth-order valence-electron chi connectivity index (χ4n) is 4.22. The Labute approximate surface area is 218 Å². The van der Waals surface area contributed by atoms with Crippen molar-refractivity contribution in [3.8, 4) is 11.1 Å². The molecule has 1 saturated heterocycles. The molecule has 0 radical (unpaired) electrons. The van der Waals surface area contributed by atoms with E-state index < -0.39 is 27.3 Å². The summed E-state index contributed by atoms with van der Waals surface area (Å²) < 4.78 is 61.8. The minimum Gasteiger partial charge on any atom is -0.378 e. The lowest BCUT2D eigenvalue weighted by atomic mass is 10.0. The van der Waals surface area contributed by atoms with Crippen molar-refractivity contribution in [2.45, 2.75) is 13.3 Å². The summed E-state index contributed by atoms with van der Waals surface area (Å²) >= 11 is 0. The Balaban J connectivity index is 1.46. The second-order valence-electron chi connectivity index (χ2n) is 8.79. The highest BCUT2D eigenvalue weighted by atomic mass is 32.2. The second kappa shape index (κ2) is 10.8. The summed E-state index contributed by atoms with van der Waals surface area (Å²) in [6.45, 7) is 4.58. The van der Waals surface area contributed by atoms with Gasteiger partial charge in [0.05, 0.1) is 30.2 Å². The summed E-state index contributed by atoms with van der Waals surface area (Å²) in [6, 6.07) is 11.4. The van der Waals surface area contributed by atoms with Gasteiger partial charge in [-0.2, -0.15) is 0 Å². The Morgan fingerprint density at radius 1 is 1.00 bits per heavy atom. The predicted molar refractivity (Wildman–Crippen MR) is 143 cm³/mol. The molecule has 3 heterocycles. The lowest BCUT2D eigenvalue weighted by Gasteiger charge is -2.27. The van der Waals surface area contributed by atoms with Gasteiger partial charge < -0.3 is 15.0 Å². The van der Waals surface area contributed by atoms with Crippen LogP contribution in [0.3, 0.4) is 0 Å². The van der Waals surface area contributed by atoms with Crippen LogP contribution in [0.4, 0.5) is 31.8 Å². The smallest absolute Gasteiger partial charge is 0.232 e. The topological polar surface area (TPSA) is 109 Å². The van der Waals surface area contributed by atoms with E-state index in [1.807, 2.05) is 24.3 Å². The second-order valence-corrected chi connectivity index (χ2v) is 10.6. The fourth-order valence-corrected chi connectivity index (χ4v) is 5.36. The van der Waals surface area contributed by atoms with Crippen LogP contribution in [0.1, 0.15) is 13.3 Å². The number of fused-ring (bicyclic) bond motifs is 1. The summed E-state index contributed by atoms with van der Waals surface area (Å²) in [7, 11) is -3.77. The number of sulfonamides is 1. The molecule has 5 rings (SSSR count). The molecule has 2 N–H and O–H groups in total. The van der Waals surface area contributed by atoms with Crippen LogP contribution in [0, 0.1) is 11.6 Å². The van der Waals surface area contributed by atoms with Gasteiger partial charge in [-0.25, -0.2) is 32.2 Å². The van der Waals surface area contributed by atoms with Gasteiger partial charge in [-0.1, -0.05) is 13.0 Å². The molecule has 4 aromatic rings. The molecular weight excluding hydrogens is 514 g/mol. The molecule has 12 heteroatoms. The number of halogens is 2. The molecule has 0 atom stereocenters. The Morgan fingerprint density at radius 2 is 1.79 bits per heavy atom. The van der Waals surface area contributed by atoms with Crippen LogP contribution in [0.25, 0.3) is 22.0 Å². The van der Waals surface area contributed by atoms with Crippen molar-refractivity contribution in [1.82, 2.24) is 15.0 Å². The molecule has 38 heavy (non-hydrogen) atoms. The quantitative estimate of drug-likeness (QED) is 0.331. The van der Waals surface area contributed by atoms with Gasteiger partial charge >= 0.3 is 0 Å². The molecule has 0 amide bonds. The summed E-state index contributed by atoms with van der Waals surface area (Å²) in [4.78, 5) is 15.2. The molecule has 0 unspecified atom stereocenters. The first-order valence-corrected chi connectivity index (χ1v) is 13.8. The predicted octanol–water partition coefficient (Wildman–Crippen LogP) is 4.70. The number of aromatic nitrogens is 3.